The number of benzene rings is 1. The number of nitrogens with one attached hydrogen (secondary N) is 1. The number of amides is 1. The van der Waals surface area contributed by atoms with Crippen molar-refractivity contribution in [3.05, 3.63) is 42.1 Å². The molecule has 0 radical (unpaired) electrons. The lowest BCUT2D eigenvalue weighted by Crippen LogP contribution is -2.37. The van der Waals surface area contributed by atoms with E-state index in [-0.39, 0.29) is 36.8 Å². The molecule has 1 amide bonds. The van der Waals surface area contributed by atoms with Gasteiger partial charge in [-0.3, -0.25) is 9.78 Å². The summed E-state index contributed by atoms with van der Waals surface area (Å²) in [5.74, 6) is 0.475. The molecule has 6 heteroatoms. The number of fused-ring (bicyclic) bond motifs is 1. The van der Waals surface area contributed by atoms with Gasteiger partial charge in [0.1, 0.15) is 0 Å². The van der Waals surface area contributed by atoms with Crippen molar-refractivity contribution in [3.63, 3.8) is 0 Å². The van der Waals surface area contributed by atoms with Crippen LogP contribution in [0, 0.1) is 5.92 Å². The summed E-state index contributed by atoms with van der Waals surface area (Å²) in [5.41, 5.74) is 8.33. The van der Waals surface area contributed by atoms with Gasteiger partial charge in [-0.2, -0.15) is 0 Å². The molecule has 138 valence electrons. The van der Waals surface area contributed by atoms with E-state index < -0.39 is 0 Å². The smallest absolute Gasteiger partial charge is 0.220 e. The molecule has 0 spiro atoms. The summed E-state index contributed by atoms with van der Waals surface area (Å²) in [7, 11) is 0. The molecule has 2 atom stereocenters. The van der Waals surface area contributed by atoms with E-state index in [1.54, 1.807) is 0 Å². The van der Waals surface area contributed by atoms with Crippen molar-refractivity contribution in [2.45, 2.75) is 44.6 Å². The minimum Gasteiger partial charge on any atom is -0.356 e. The highest BCUT2D eigenvalue weighted by atomic mass is 35.5. The number of hydrogen-bond donors (Lipinski definition) is 2. The Morgan fingerprint density at radius 1 is 1.16 bits per heavy atom. The van der Waals surface area contributed by atoms with Crippen LogP contribution in [0.5, 0.6) is 0 Å². The second kappa shape index (κ2) is 10.6. The molecule has 1 heterocycles. The Labute approximate surface area is 161 Å². The van der Waals surface area contributed by atoms with Crippen molar-refractivity contribution >= 4 is 41.6 Å². The topological polar surface area (TPSA) is 68.0 Å². The summed E-state index contributed by atoms with van der Waals surface area (Å²) < 4.78 is 0. The molecule has 2 aromatic rings. The third-order valence-corrected chi connectivity index (χ3v) is 4.85. The van der Waals surface area contributed by atoms with Gasteiger partial charge in [0.15, 0.2) is 0 Å². The zero-order valence-corrected chi connectivity index (χ0v) is 16.0. The van der Waals surface area contributed by atoms with E-state index in [2.05, 4.69) is 28.5 Å². The Bertz CT molecular complexity index is 675. The van der Waals surface area contributed by atoms with Crippen LogP contribution in [0.1, 0.15) is 37.7 Å². The number of halogens is 2. The van der Waals surface area contributed by atoms with E-state index in [0.717, 1.165) is 30.2 Å². The number of hydrogen-bond acceptors (Lipinski definition) is 3. The highest BCUT2D eigenvalue weighted by molar-refractivity contribution is 5.85. The number of carbonyl (C=O) groups is 1. The molecule has 25 heavy (non-hydrogen) atoms. The molecule has 1 aromatic heterocycles. The lowest BCUT2D eigenvalue weighted by atomic mass is 9.83. The van der Waals surface area contributed by atoms with Gasteiger partial charge in [-0.15, -0.1) is 24.8 Å². The first-order valence-electron chi connectivity index (χ1n) is 8.59. The van der Waals surface area contributed by atoms with Crippen LogP contribution in [0.15, 0.2) is 36.5 Å². The Morgan fingerprint density at radius 2 is 1.92 bits per heavy atom. The maximum absolute atomic E-state index is 12.1. The van der Waals surface area contributed by atoms with Crippen LogP contribution < -0.4 is 11.1 Å². The van der Waals surface area contributed by atoms with Crippen LogP contribution in [0.2, 0.25) is 0 Å². The molecule has 1 aliphatic rings. The molecule has 3 N–H and O–H groups in total. The van der Waals surface area contributed by atoms with Gasteiger partial charge in [0, 0.05) is 30.6 Å². The van der Waals surface area contributed by atoms with Crippen LogP contribution in [0.3, 0.4) is 0 Å². The van der Waals surface area contributed by atoms with Gasteiger partial charge < -0.3 is 11.1 Å². The quantitative estimate of drug-likeness (QED) is 0.827. The van der Waals surface area contributed by atoms with Gasteiger partial charge in [-0.25, -0.2) is 0 Å². The van der Waals surface area contributed by atoms with Gasteiger partial charge >= 0.3 is 0 Å². The van der Waals surface area contributed by atoms with Gasteiger partial charge in [0.05, 0.1) is 5.52 Å². The number of aromatic nitrogens is 1. The summed E-state index contributed by atoms with van der Waals surface area (Å²) in [6.07, 6.45) is 7.72. The highest BCUT2D eigenvalue weighted by Crippen LogP contribution is 2.25. The first-order valence-corrected chi connectivity index (χ1v) is 8.59. The predicted octanol–water partition coefficient (Wildman–Crippen LogP) is 3.64. The molecular formula is C19H27Cl2N3O. The molecule has 1 saturated carbocycles. The number of nitrogens with zero attached hydrogens (tertiary/aromatic N) is 1. The van der Waals surface area contributed by atoms with Crippen molar-refractivity contribution in [1.82, 2.24) is 10.3 Å². The number of rotatable bonds is 5. The summed E-state index contributed by atoms with van der Waals surface area (Å²) in [5, 5.41) is 4.18. The van der Waals surface area contributed by atoms with E-state index >= 15 is 0 Å². The van der Waals surface area contributed by atoms with Crippen molar-refractivity contribution in [2.24, 2.45) is 11.7 Å². The Hall–Kier alpha value is -1.36. The van der Waals surface area contributed by atoms with E-state index in [0.29, 0.717) is 18.9 Å². The van der Waals surface area contributed by atoms with Crippen LogP contribution >= 0.6 is 24.8 Å². The standard InChI is InChI=1S/C19H25N3O.2ClH/c20-17-9-2-1-5-16(17)13-18(23)21-12-10-15-7-3-6-14-8-4-11-22-19(14)15;;/h3-4,6-8,11,16-17H,1-2,5,9-10,12-13,20H2,(H,21,23);2*1H. The number of pyridine rings is 1. The molecular weight excluding hydrogens is 357 g/mol. The fourth-order valence-corrected chi connectivity index (χ4v) is 3.51. The van der Waals surface area contributed by atoms with Gasteiger partial charge in [-0.1, -0.05) is 37.1 Å². The first-order chi connectivity index (χ1) is 11.2. The number of para-hydroxylation sites is 1. The highest BCUT2D eigenvalue weighted by Gasteiger charge is 2.23. The predicted molar refractivity (Wildman–Crippen MR) is 108 cm³/mol. The molecule has 1 aromatic carbocycles. The van der Waals surface area contributed by atoms with Crippen LogP contribution in [-0.4, -0.2) is 23.5 Å². The lowest BCUT2D eigenvalue weighted by molar-refractivity contribution is -0.122. The fourth-order valence-electron chi connectivity index (χ4n) is 3.51. The Balaban J connectivity index is 0.00000156. The number of nitrogens with two attached hydrogens (primary N) is 1. The van der Waals surface area contributed by atoms with Crippen molar-refractivity contribution in [1.29, 1.82) is 0 Å². The van der Waals surface area contributed by atoms with Crippen molar-refractivity contribution < 1.29 is 4.79 Å². The second-order valence-corrected chi connectivity index (χ2v) is 6.50. The van der Waals surface area contributed by atoms with E-state index in [4.69, 9.17) is 5.73 Å². The molecule has 4 nitrogen and oxygen atoms in total. The molecule has 0 saturated heterocycles. The van der Waals surface area contributed by atoms with E-state index in [9.17, 15) is 4.79 Å². The minimum atomic E-state index is 0. The van der Waals surface area contributed by atoms with Gasteiger partial charge in [0.2, 0.25) is 5.91 Å². The molecule has 0 bridgehead atoms. The summed E-state index contributed by atoms with van der Waals surface area (Å²) in [6, 6.07) is 10.4. The van der Waals surface area contributed by atoms with E-state index in [1.165, 1.54) is 18.4 Å². The zero-order valence-electron chi connectivity index (χ0n) is 14.3. The monoisotopic (exact) mass is 383 g/mol. The van der Waals surface area contributed by atoms with Crippen LogP contribution in [-0.2, 0) is 11.2 Å². The second-order valence-electron chi connectivity index (χ2n) is 6.50. The average molecular weight is 384 g/mol. The minimum absolute atomic E-state index is 0. The molecule has 2 unspecified atom stereocenters. The maximum Gasteiger partial charge on any atom is 0.220 e. The Kier molecular flexibility index (Phi) is 9.19. The van der Waals surface area contributed by atoms with E-state index in [1.807, 2.05) is 18.3 Å². The van der Waals surface area contributed by atoms with Crippen LogP contribution in [0.4, 0.5) is 0 Å². The van der Waals surface area contributed by atoms with Crippen LogP contribution in [0.25, 0.3) is 10.9 Å². The molecule has 3 rings (SSSR count). The lowest BCUT2D eigenvalue weighted by Gasteiger charge is -2.27. The summed E-state index contributed by atoms with van der Waals surface area (Å²) in [6.45, 7) is 0.649. The maximum atomic E-state index is 12.1. The normalized spacial score (nSPS) is 19.6. The largest absolute Gasteiger partial charge is 0.356 e. The van der Waals surface area contributed by atoms with Gasteiger partial charge in [-0.05, 0) is 36.8 Å². The van der Waals surface area contributed by atoms with Crippen molar-refractivity contribution in [2.75, 3.05) is 6.54 Å². The summed E-state index contributed by atoms with van der Waals surface area (Å²) >= 11 is 0. The third kappa shape index (κ3) is 5.84. The average Bonchev–Trinajstić information content (AvgIpc) is 2.57. The fraction of sp³-hybridized carbons (Fsp3) is 0.474. The number of carbonyl (C=O) groups excluding carboxylic acids is 1. The molecule has 0 aliphatic heterocycles. The summed E-state index contributed by atoms with van der Waals surface area (Å²) in [4.78, 5) is 16.6. The molecule has 1 fully saturated rings. The molecule has 1 aliphatic carbocycles. The van der Waals surface area contributed by atoms with Crippen molar-refractivity contribution in [3.8, 4) is 0 Å². The third-order valence-electron chi connectivity index (χ3n) is 4.85. The SMILES string of the molecule is Cl.Cl.NC1CCCCC1CC(=O)NCCc1cccc2cccnc12. The Morgan fingerprint density at radius 3 is 2.72 bits per heavy atom. The zero-order chi connectivity index (χ0) is 16.1. The first kappa shape index (κ1) is 21.7. The van der Waals surface area contributed by atoms with Gasteiger partial charge in [0.25, 0.3) is 0 Å².